The van der Waals surface area contributed by atoms with Crippen molar-refractivity contribution in [1.82, 2.24) is 4.98 Å². The van der Waals surface area contributed by atoms with Gasteiger partial charge in [0.25, 0.3) is 11.8 Å². The minimum absolute atomic E-state index is 0.00448. The average Bonchev–Trinajstić information content (AvgIpc) is 3.24. The third kappa shape index (κ3) is 2.99. The Balaban J connectivity index is 1.75. The zero-order chi connectivity index (χ0) is 19.7. The van der Waals surface area contributed by atoms with Gasteiger partial charge in [-0.3, -0.25) is 9.59 Å². The number of nitrogens with zero attached hydrogens (tertiary/aromatic N) is 1. The molecule has 0 spiro atoms. The Kier molecular flexibility index (Phi) is 4.75. The lowest BCUT2D eigenvalue weighted by molar-refractivity contribution is 0.0590. The maximum Gasteiger partial charge on any atom is 0.355 e. The van der Waals surface area contributed by atoms with Crippen LogP contribution in [0.25, 0.3) is 0 Å². The Morgan fingerprint density at radius 3 is 2.21 bits per heavy atom. The molecule has 0 atom stereocenters. The highest BCUT2D eigenvalue weighted by atomic mass is 32.2. The van der Waals surface area contributed by atoms with Crippen molar-refractivity contribution >= 4 is 35.2 Å². The molecule has 0 saturated heterocycles. The van der Waals surface area contributed by atoms with Crippen molar-refractivity contribution in [2.75, 3.05) is 12.0 Å². The molecule has 3 aromatic rings. The SMILES string of the molecule is COC(=O)c1[nH]c(SCc2ccccc2)c2c1C(=O)N(c1ccccc1)C2=O. The number of rotatable bonds is 5. The standard InChI is InChI=1S/C21H16N2O4S/c1-27-21(26)17-15-16(18(22-17)28-12-13-8-4-2-5-9-13)20(25)23(19(15)24)14-10-6-3-7-11-14/h2-11,22H,12H2,1H3. The van der Waals surface area contributed by atoms with E-state index in [0.717, 1.165) is 10.5 Å². The summed E-state index contributed by atoms with van der Waals surface area (Å²) < 4.78 is 4.80. The van der Waals surface area contributed by atoms with Crippen molar-refractivity contribution in [2.24, 2.45) is 0 Å². The highest BCUT2D eigenvalue weighted by Crippen LogP contribution is 2.38. The predicted molar refractivity (Wildman–Crippen MR) is 106 cm³/mol. The summed E-state index contributed by atoms with van der Waals surface area (Å²) in [6, 6.07) is 18.4. The van der Waals surface area contributed by atoms with Gasteiger partial charge in [0, 0.05) is 5.75 Å². The van der Waals surface area contributed by atoms with E-state index in [9.17, 15) is 14.4 Å². The maximum absolute atomic E-state index is 13.1. The topological polar surface area (TPSA) is 79.5 Å². The molecule has 28 heavy (non-hydrogen) atoms. The van der Waals surface area contributed by atoms with Gasteiger partial charge < -0.3 is 9.72 Å². The van der Waals surface area contributed by atoms with Crippen LogP contribution >= 0.6 is 11.8 Å². The number of fused-ring (bicyclic) bond motifs is 1. The van der Waals surface area contributed by atoms with E-state index in [-0.39, 0.29) is 16.8 Å². The van der Waals surface area contributed by atoms with Crippen LogP contribution in [0.15, 0.2) is 65.7 Å². The number of carbonyl (C=O) groups excluding carboxylic acids is 3. The van der Waals surface area contributed by atoms with Gasteiger partial charge in [-0.25, -0.2) is 9.69 Å². The van der Waals surface area contributed by atoms with E-state index in [1.807, 2.05) is 30.3 Å². The number of imide groups is 1. The van der Waals surface area contributed by atoms with Crippen LogP contribution in [-0.2, 0) is 10.5 Å². The van der Waals surface area contributed by atoms with Crippen LogP contribution in [0.1, 0.15) is 36.8 Å². The third-order valence-corrected chi connectivity index (χ3v) is 5.50. The number of benzene rings is 2. The number of amides is 2. The van der Waals surface area contributed by atoms with E-state index in [1.54, 1.807) is 30.3 Å². The fraction of sp³-hybridized carbons (Fsp3) is 0.0952. The highest BCUT2D eigenvalue weighted by Gasteiger charge is 2.44. The number of carbonyl (C=O) groups is 3. The second-order valence-electron chi connectivity index (χ2n) is 6.13. The number of aromatic nitrogens is 1. The number of ether oxygens (including phenoxy) is 1. The van der Waals surface area contributed by atoms with E-state index in [4.69, 9.17) is 4.74 Å². The minimum atomic E-state index is -0.682. The van der Waals surface area contributed by atoms with Crippen molar-refractivity contribution < 1.29 is 19.1 Å². The number of esters is 1. The summed E-state index contributed by atoms with van der Waals surface area (Å²) in [7, 11) is 1.24. The van der Waals surface area contributed by atoms with Gasteiger partial charge in [-0.15, -0.1) is 11.8 Å². The number of H-pyrrole nitrogens is 1. The second-order valence-corrected chi connectivity index (χ2v) is 7.11. The summed E-state index contributed by atoms with van der Waals surface area (Å²) in [6.07, 6.45) is 0. The zero-order valence-electron chi connectivity index (χ0n) is 15.0. The lowest BCUT2D eigenvalue weighted by Crippen LogP contribution is -2.30. The Bertz CT molecular complexity index is 1060. The van der Waals surface area contributed by atoms with Crippen LogP contribution in [0.4, 0.5) is 5.69 Å². The number of para-hydroxylation sites is 1. The molecular formula is C21H16N2O4S. The molecule has 4 rings (SSSR count). The molecule has 1 aromatic heterocycles. The molecule has 1 aliphatic heterocycles. The number of methoxy groups -OCH3 is 1. The molecule has 2 amide bonds. The molecular weight excluding hydrogens is 376 g/mol. The van der Waals surface area contributed by atoms with Crippen molar-refractivity contribution in [2.45, 2.75) is 10.8 Å². The molecule has 0 radical (unpaired) electrons. The summed E-state index contributed by atoms with van der Waals surface area (Å²) in [5, 5.41) is 0.482. The van der Waals surface area contributed by atoms with E-state index in [1.165, 1.54) is 18.9 Å². The molecule has 7 heteroatoms. The van der Waals surface area contributed by atoms with Gasteiger partial charge in [0.1, 0.15) is 5.69 Å². The lowest BCUT2D eigenvalue weighted by atomic mass is 10.2. The summed E-state index contributed by atoms with van der Waals surface area (Å²) in [5.74, 6) is -1.08. The second kappa shape index (κ2) is 7.36. The normalized spacial score (nSPS) is 13.0. The number of hydrogen-bond acceptors (Lipinski definition) is 5. The monoisotopic (exact) mass is 392 g/mol. The van der Waals surface area contributed by atoms with Crippen LogP contribution in [0.3, 0.4) is 0 Å². The first-order valence-corrected chi connectivity index (χ1v) is 9.55. The van der Waals surface area contributed by atoms with Gasteiger partial charge in [-0.05, 0) is 17.7 Å². The zero-order valence-corrected chi connectivity index (χ0v) is 15.8. The maximum atomic E-state index is 13.1. The van der Waals surface area contributed by atoms with Crippen molar-refractivity contribution in [3.05, 3.63) is 83.0 Å². The Labute approximate surface area is 165 Å². The number of nitrogens with one attached hydrogen (secondary N) is 1. The first-order chi connectivity index (χ1) is 13.6. The third-order valence-electron chi connectivity index (χ3n) is 4.43. The van der Waals surface area contributed by atoms with Crippen LogP contribution in [0.5, 0.6) is 0 Å². The van der Waals surface area contributed by atoms with Crippen LogP contribution in [0.2, 0.25) is 0 Å². The molecule has 2 heterocycles. The number of aromatic amines is 1. The summed E-state index contributed by atoms with van der Waals surface area (Å²) >= 11 is 1.37. The molecule has 0 bridgehead atoms. The Morgan fingerprint density at radius 1 is 0.964 bits per heavy atom. The molecule has 1 aliphatic rings. The number of hydrogen-bond donors (Lipinski definition) is 1. The van der Waals surface area contributed by atoms with Crippen molar-refractivity contribution in [3.8, 4) is 0 Å². The van der Waals surface area contributed by atoms with Gasteiger partial charge in [0.15, 0.2) is 0 Å². The fourth-order valence-corrected chi connectivity index (χ4v) is 4.13. The quantitative estimate of drug-likeness (QED) is 0.405. The Morgan fingerprint density at radius 2 is 1.57 bits per heavy atom. The van der Waals surface area contributed by atoms with Crippen LogP contribution in [-0.4, -0.2) is 29.9 Å². The highest BCUT2D eigenvalue weighted by molar-refractivity contribution is 7.98. The van der Waals surface area contributed by atoms with Gasteiger partial charge in [-0.1, -0.05) is 48.5 Å². The smallest absolute Gasteiger partial charge is 0.355 e. The summed E-state index contributed by atoms with van der Waals surface area (Å²) in [4.78, 5) is 42.3. The van der Waals surface area contributed by atoms with E-state index in [2.05, 4.69) is 4.98 Å². The van der Waals surface area contributed by atoms with E-state index >= 15 is 0 Å². The molecule has 1 N–H and O–H groups in total. The molecule has 6 nitrogen and oxygen atoms in total. The number of anilines is 1. The molecule has 2 aromatic carbocycles. The molecule has 140 valence electrons. The van der Waals surface area contributed by atoms with Gasteiger partial charge in [0.05, 0.1) is 29.0 Å². The van der Waals surface area contributed by atoms with Crippen LogP contribution in [0, 0.1) is 0 Å². The van der Waals surface area contributed by atoms with Gasteiger partial charge in [-0.2, -0.15) is 0 Å². The summed E-state index contributed by atoms with van der Waals surface area (Å²) in [6.45, 7) is 0. The van der Waals surface area contributed by atoms with Crippen LogP contribution < -0.4 is 4.90 Å². The molecule has 0 fully saturated rings. The van der Waals surface area contributed by atoms with Crippen molar-refractivity contribution in [3.63, 3.8) is 0 Å². The Hall–Kier alpha value is -3.32. The predicted octanol–water partition coefficient (Wildman–Crippen LogP) is 3.89. The first kappa shape index (κ1) is 18.1. The molecule has 0 aliphatic carbocycles. The average molecular weight is 392 g/mol. The molecule has 0 saturated carbocycles. The minimum Gasteiger partial charge on any atom is -0.464 e. The lowest BCUT2D eigenvalue weighted by Gasteiger charge is -2.14. The number of thioether (sulfide) groups is 1. The largest absolute Gasteiger partial charge is 0.464 e. The van der Waals surface area contributed by atoms with Gasteiger partial charge in [0.2, 0.25) is 0 Å². The first-order valence-electron chi connectivity index (χ1n) is 8.56. The van der Waals surface area contributed by atoms with Crippen molar-refractivity contribution in [1.29, 1.82) is 0 Å². The summed E-state index contributed by atoms with van der Waals surface area (Å²) in [5.41, 5.74) is 1.81. The van der Waals surface area contributed by atoms with E-state index in [0.29, 0.717) is 16.5 Å². The molecule has 0 unspecified atom stereocenters. The van der Waals surface area contributed by atoms with Gasteiger partial charge >= 0.3 is 5.97 Å². The fourth-order valence-electron chi connectivity index (χ4n) is 3.12. The van der Waals surface area contributed by atoms with E-state index < -0.39 is 17.8 Å².